The van der Waals surface area contributed by atoms with Crippen molar-refractivity contribution in [1.82, 2.24) is 4.57 Å². The van der Waals surface area contributed by atoms with Gasteiger partial charge in [-0.25, -0.2) is 8.78 Å². The molecule has 0 saturated carbocycles. The number of halogens is 2. The van der Waals surface area contributed by atoms with Gasteiger partial charge in [0.15, 0.2) is 0 Å². The van der Waals surface area contributed by atoms with Crippen molar-refractivity contribution in [1.29, 1.82) is 0 Å². The molecule has 0 fully saturated rings. The molecule has 2 nitrogen and oxygen atoms in total. The number of ketones is 1. The Kier molecular flexibility index (Phi) is 3.09. The highest BCUT2D eigenvalue weighted by atomic mass is 19.1. The van der Waals surface area contributed by atoms with Crippen LogP contribution in [0.1, 0.15) is 21.5 Å². The van der Waals surface area contributed by atoms with Crippen molar-refractivity contribution < 1.29 is 13.6 Å². The van der Waals surface area contributed by atoms with Gasteiger partial charge >= 0.3 is 0 Å². The van der Waals surface area contributed by atoms with Crippen molar-refractivity contribution in [2.75, 3.05) is 0 Å². The van der Waals surface area contributed by atoms with E-state index in [1.54, 1.807) is 29.9 Å². The number of benzene rings is 2. The molecule has 0 amide bonds. The van der Waals surface area contributed by atoms with Crippen LogP contribution >= 0.6 is 0 Å². The Morgan fingerprint density at radius 2 is 1.81 bits per heavy atom. The molecule has 0 aliphatic heterocycles. The van der Waals surface area contributed by atoms with Gasteiger partial charge < -0.3 is 4.57 Å². The standard InChI is InChI=1S/C17H13F2NO/c1-10-7-8-13(18)15(16(10)19)17(21)12-9-20(2)14-6-4-3-5-11(12)14/h3-9H,1-2H3. The third kappa shape index (κ3) is 2.03. The Bertz CT molecular complexity index is 865. The molecular weight excluding hydrogens is 272 g/mol. The van der Waals surface area contributed by atoms with Crippen molar-refractivity contribution in [3.63, 3.8) is 0 Å². The maximum absolute atomic E-state index is 14.1. The number of aryl methyl sites for hydroxylation is 2. The van der Waals surface area contributed by atoms with E-state index in [-0.39, 0.29) is 5.56 Å². The van der Waals surface area contributed by atoms with Crippen LogP contribution in [0.5, 0.6) is 0 Å². The van der Waals surface area contributed by atoms with E-state index in [9.17, 15) is 13.6 Å². The molecule has 0 spiro atoms. The lowest BCUT2D eigenvalue weighted by Crippen LogP contribution is -2.08. The summed E-state index contributed by atoms with van der Waals surface area (Å²) in [5.41, 5.74) is 0.900. The second-order valence-corrected chi connectivity index (χ2v) is 5.05. The number of nitrogens with zero attached hydrogens (tertiary/aromatic N) is 1. The summed E-state index contributed by atoms with van der Waals surface area (Å²) in [6, 6.07) is 9.72. The fourth-order valence-electron chi connectivity index (χ4n) is 2.52. The summed E-state index contributed by atoms with van der Waals surface area (Å²) in [4.78, 5) is 12.6. The van der Waals surface area contributed by atoms with Crippen molar-refractivity contribution in [3.8, 4) is 0 Å². The maximum Gasteiger partial charge on any atom is 0.201 e. The summed E-state index contributed by atoms with van der Waals surface area (Å²) in [5.74, 6) is -2.27. The molecule has 0 aliphatic carbocycles. The monoisotopic (exact) mass is 285 g/mol. The summed E-state index contributed by atoms with van der Waals surface area (Å²) in [7, 11) is 1.79. The molecule has 1 heterocycles. The summed E-state index contributed by atoms with van der Waals surface area (Å²) in [5, 5.41) is 0.685. The number of hydrogen-bond donors (Lipinski definition) is 0. The van der Waals surface area contributed by atoms with Gasteiger partial charge in [0.05, 0.1) is 5.56 Å². The van der Waals surface area contributed by atoms with E-state index >= 15 is 0 Å². The third-order valence-electron chi connectivity index (χ3n) is 3.65. The van der Waals surface area contributed by atoms with Gasteiger partial charge in [0.1, 0.15) is 11.6 Å². The molecule has 106 valence electrons. The number of para-hydroxylation sites is 1. The SMILES string of the molecule is Cc1ccc(F)c(C(=O)c2cn(C)c3ccccc23)c1F. The first-order chi connectivity index (χ1) is 10.0. The molecule has 21 heavy (non-hydrogen) atoms. The maximum atomic E-state index is 14.1. The highest BCUT2D eigenvalue weighted by molar-refractivity contribution is 6.16. The molecule has 2 aromatic carbocycles. The first-order valence-corrected chi connectivity index (χ1v) is 6.54. The van der Waals surface area contributed by atoms with E-state index in [4.69, 9.17) is 0 Å². The molecule has 0 N–H and O–H groups in total. The van der Waals surface area contributed by atoms with Crippen molar-refractivity contribution >= 4 is 16.7 Å². The van der Waals surface area contributed by atoms with Gasteiger partial charge in [0, 0.05) is 29.7 Å². The Morgan fingerprint density at radius 1 is 1.10 bits per heavy atom. The van der Waals surface area contributed by atoms with Gasteiger partial charge in [-0.2, -0.15) is 0 Å². The number of fused-ring (bicyclic) bond motifs is 1. The van der Waals surface area contributed by atoms with E-state index in [0.29, 0.717) is 10.9 Å². The van der Waals surface area contributed by atoms with Gasteiger partial charge in [-0.15, -0.1) is 0 Å². The summed E-state index contributed by atoms with van der Waals surface area (Å²) in [6.45, 7) is 1.51. The predicted molar refractivity (Wildman–Crippen MR) is 77.4 cm³/mol. The molecule has 1 aromatic heterocycles. The average molecular weight is 285 g/mol. The Labute approximate surface area is 120 Å². The van der Waals surface area contributed by atoms with Gasteiger partial charge in [0.2, 0.25) is 5.78 Å². The van der Waals surface area contributed by atoms with Crippen molar-refractivity contribution in [3.05, 3.63) is 70.9 Å². The van der Waals surface area contributed by atoms with Crippen LogP contribution in [0.2, 0.25) is 0 Å². The van der Waals surface area contributed by atoms with Crippen molar-refractivity contribution in [2.45, 2.75) is 6.92 Å². The number of aromatic nitrogens is 1. The van der Waals surface area contributed by atoms with E-state index < -0.39 is 23.0 Å². The van der Waals surface area contributed by atoms with Crippen LogP contribution in [-0.2, 0) is 7.05 Å². The number of carbonyl (C=O) groups is 1. The molecule has 0 bridgehead atoms. The third-order valence-corrected chi connectivity index (χ3v) is 3.65. The predicted octanol–water partition coefficient (Wildman–Crippen LogP) is 4.00. The van der Waals surface area contributed by atoms with Crippen LogP contribution < -0.4 is 0 Å². The van der Waals surface area contributed by atoms with Crippen LogP contribution in [-0.4, -0.2) is 10.4 Å². The lowest BCUT2D eigenvalue weighted by molar-refractivity contribution is 0.103. The zero-order valence-corrected chi connectivity index (χ0v) is 11.7. The fraction of sp³-hybridized carbons (Fsp3) is 0.118. The minimum absolute atomic E-state index is 0.250. The molecule has 3 rings (SSSR count). The second kappa shape index (κ2) is 4.81. The largest absolute Gasteiger partial charge is 0.350 e. The average Bonchev–Trinajstić information content (AvgIpc) is 2.81. The summed E-state index contributed by atoms with van der Waals surface area (Å²) < 4.78 is 29.8. The van der Waals surface area contributed by atoms with Gasteiger partial charge in [-0.1, -0.05) is 24.3 Å². The van der Waals surface area contributed by atoms with Crippen LogP contribution in [0.15, 0.2) is 42.6 Å². The van der Waals surface area contributed by atoms with Gasteiger partial charge in [0.25, 0.3) is 0 Å². The molecular formula is C17H13F2NO. The van der Waals surface area contributed by atoms with E-state index in [2.05, 4.69) is 0 Å². The quantitative estimate of drug-likeness (QED) is 0.652. The molecule has 0 radical (unpaired) electrons. The van der Waals surface area contributed by atoms with E-state index in [1.165, 1.54) is 13.0 Å². The normalized spacial score (nSPS) is 11.0. The van der Waals surface area contributed by atoms with Crippen LogP contribution in [0.3, 0.4) is 0 Å². The lowest BCUT2D eigenvalue weighted by Gasteiger charge is -2.05. The van der Waals surface area contributed by atoms with Crippen LogP contribution in [0.4, 0.5) is 8.78 Å². The smallest absolute Gasteiger partial charge is 0.201 e. The molecule has 0 unspecified atom stereocenters. The molecule has 3 aromatic rings. The first kappa shape index (κ1) is 13.5. The van der Waals surface area contributed by atoms with Crippen LogP contribution in [0, 0.1) is 18.6 Å². The van der Waals surface area contributed by atoms with Crippen LogP contribution in [0.25, 0.3) is 10.9 Å². The summed E-state index contributed by atoms with van der Waals surface area (Å²) in [6.07, 6.45) is 1.61. The Balaban J connectivity index is 2.25. The molecule has 0 aliphatic rings. The topological polar surface area (TPSA) is 22.0 Å². The van der Waals surface area contributed by atoms with E-state index in [1.807, 2.05) is 12.1 Å². The first-order valence-electron chi connectivity index (χ1n) is 6.54. The zero-order valence-electron chi connectivity index (χ0n) is 11.7. The Hall–Kier alpha value is -2.49. The van der Waals surface area contributed by atoms with Gasteiger partial charge in [-0.3, -0.25) is 4.79 Å². The number of carbonyl (C=O) groups excluding carboxylic acids is 1. The Morgan fingerprint density at radius 3 is 2.57 bits per heavy atom. The molecule has 0 saturated heterocycles. The number of hydrogen-bond acceptors (Lipinski definition) is 1. The minimum Gasteiger partial charge on any atom is -0.350 e. The summed E-state index contributed by atoms with van der Waals surface area (Å²) >= 11 is 0. The molecule has 0 atom stereocenters. The van der Waals surface area contributed by atoms with Gasteiger partial charge in [-0.05, 0) is 24.6 Å². The van der Waals surface area contributed by atoms with E-state index in [0.717, 1.165) is 11.6 Å². The molecule has 4 heteroatoms. The highest BCUT2D eigenvalue weighted by Crippen LogP contribution is 2.26. The fourth-order valence-corrected chi connectivity index (χ4v) is 2.52. The number of rotatable bonds is 2. The lowest BCUT2D eigenvalue weighted by atomic mass is 10.00. The highest BCUT2D eigenvalue weighted by Gasteiger charge is 2.23. The minimum atomic E-state index is -0.837. The second-order valence-electron chi connectivity index (χ2n) is 5.05. The van der Waals surface area contributed by atoms with Crippen molar-refractivity contribution in [2.24, 2.45) is 7.05 Å². The zero-order chi connectivity index (χ0) is 15.1.